The number of rotatable bonds is 6. The molecule has 0 spiro atoms. The molecule has 8 heteroatoms. The van der Waals surface area contributed by atoms with Gasteiger partial charge in [0.15, 0.2) is 11.5 Å². The highest BCUT2D eigenvalue weighted by atomic mass is 16.7. The Kier molecular flexibility index (Phi) is 6.52. The summed E-state index contributed by atoms with van der Waals surface area (Å²) in [5.74, 6) is 1.26. The molecule has 1 saturated heterocycles. The van der Waals surface area contributed by atoms with Crippen LogP contribution in [0.15, 0.2) is 18.2 Å². The molecule has 1 aromatic carbocycles. The third kappa shape index (κ3) is 6.00. The van der Waals surface area contributed by atoms with Crippen molar-refractivity contribution < 1.29 is 28.5 Å². The second-order valence-corrected chi connectivity index (χ2v) is 8.51. The van der Waals surface area contributed by atoms with Crippen LogP contribution in [0.25, 0.3) is 0 Å². The van der Waals surface area contributed by atoms with Crippen molar-refractivity contribution in [3.05, 3.63) is 23.8 Å². The maximum atomic E-state index is 13.1. The van der Waals surface area contributed by atoms with Gasteiger partial charge < -0.3 is 29.2 Å². The van der Waals surface area contributed by atoms with Gasteiger partial charge >= 0.3 is 6.09 Å². The lowest BCUT2D eigenvalue weighted by molar-refractivity contribution is -0.136. The number of nitrogens with one attached hydrogen (secondary N) is 1. The number of alkyl carbamates (subject to hydrolysis) is 1. The van der Waals surface area contributed by atoms with Gasteiger partial charge in [0.25, 0.3) is 0 Å². The first-order valence-corrected chi connectivity index (χ1v) is 9.96. The number of fused-ring (bicyclic) bond motifs is 1. The summed E-state index contributed by atoms with van der Waals surface area (Å²) in [4.78, 5) is 26.9. The largest absolute Gasteiger partial charge is 0.454 e. The molecule has 0 aliphatic carbocycles. The van der Waals surface area contributed by atoms with E-state index in [1.165, 1.54) is 0 Å². The third-order valence-electron chi connectivity index (χ3n) is 4.66. The molecule has 0 bridgehead atoms. The highest BCUT2D eigenvalue weighted by Crippen LogP contribution is 2.33. The molecule has 2 atom stereocenters. The van der Waals surface area contributed by atoms with Crippen LogP contribution in [0.5, 0.6) is 11.5 Å². The minimum atomic E-state index is -0.576. The van der Waals surface area contributed by atoms with Crippen molar-refractivity contribution in [2.24, 2.45) is 5.92 Å². The van der Waals surface area contributed by atoms with Gasteiger partial charge in [-0.25, -0.2) is 4.79 Å². The van der Waals surface area contributed by atoms with E-state index in [-0.39, 0.29) is 24.7 Å². The number of carbonyl (C=O) groups is 2. The molecule has 29 heavy (non-hydrogen) atoms. The van der Waals surface area contributed by atoms with Crippen molar-refractivity contribution in [1.29, 1.82) is 0 Å². The number of ether oxygens (including phenoxy) is 4. The average molecular weight is 406 g/mol. The van der Waals surface area contributed by atoms with Gasteiger partial charge in [-0.2, -0.15) is 0 Å². The van der Waals surface area contributed by atoms with Gasteiger partial charge in [0.1, 0.15) is 5.60 Å². The Morgan fingerprint density at radius 3 is 2.72 bits per heavy atom. The molecule has 1 fully saturated rings. The highest BCUT2D eigenvalue weighted by Gasteiger charge is 2.30. The number of hydrogen-bond donors (Lipinski definition) is 1. The van der Waals surface area contributed by atoms with E-state index in [0.717, 1.165) is 5.56 Å². The van der Waals surface area contributed by atoms with Gasteiger partial charge in [-0.1, -0.05) is 6.07 Å². The molecular weight excluding hydrogens is 376 g/mol. The van der Waals surface area contributed by atoms with Gasteiger partial charge in [-0.05, 0) is 51.8 Å². The Morgan fingerprint density at radius 2 is 2.03 bits per heavy atom. The smallest absolute Gasteiger partial charge is 0.407 e. The van der Waals surface area contributed by atoms with E-state index in [1.807, 2.05) is 45.9 Å². The second kappa shape index (κ2) is 8.90. The van der Waals surface area contributed by atoms with Crippen molar-refractivity contribution >= 4 is 12.0 Å². The first kappa shape index (κ1) is 21.2. The topological polar surface area (TPSA) is 86.3 Å². The molecule has 3 rings (SSSR count). The van der Waals surface area contributed by atoms with Crippen molar-refractivity contribution in [1.82, 2.24) is 10.2 Å². The molecule has 0 radical (unpaired) electrons. The van der Waals surface area contributed by atoms with Gasteiger partial charge in [0.2, 0.25) is 12.7 Å². The summed E-state index contributed by atoms with van der Waals surface area (Å²) in [6.07, 6.45) is 0.217. The van der Waals surface area contributed by atoms with Crippen LogP contribution in [0, 0.1) is 5.92 Å². The summed E-state index contributed by atoms with van der Waals surface area (Å²) in [6.45, 7) is 9.30. The predicted octanol–water partition coefficient (Wildman–Crippen LogP) is 2.69. The lowest BCUT2D eigenvalue weighted by Crippen LogP contribution is -2.47. The van der Waals surface area contributed by atoms with Crippen LogP contribution in [-0.2, 0) is 20.8 Å². The number of amides is 2. The summed E-state index contributed by atoms with van der Waals surface area (Å²) >= 11 is 0. The molecule has 2 amide bonds. The first-order valence-electron chi connectivity index (χ1n) is 9.96. The van der Waals surface area contributed by atoms with Crippen LogP contribution < -0.4 is 14.8 Å². The fourth-order valence-corrected chi connectivity index (χ4v) is 3.36. The Hall–Kier alpha value is -2.48. The van der Waals surface area contributed by atoms with E-state index >= 15 is 0 Å². The van der Waals surface area contributed by atoms with Gasteiger partial charge in [-0.3, -0.25) is 4.79 Å². The number of carbonyl (C=O) groups excluding carboxylic acids is 2. The van der Waals surface area contributed by atoms with Gasteiger partial charge in [-0.15, -0.1) is 0 Å². The molecule has 0 aromatic heterocycles. The summed E-state index contributed by atoms with van der Waals surface area (Å²) in [5.41, 5.74) is 0.360. The van der Waals surface area contributed by atoms with Crippen LogP contribution in [0.2, 0.25) is 0 Å². The summed E-state index contributed by atoms with van der Waals surface area (Å²) in [6, 6.07) is 5.39. The molecule has 2 aliphatic rings. The van der Waals surface area contributed by atoms with Crippen molar-refractivity contribution in [3.63, 3.8) is 0 Å². The Balaban J connectivity index is 1.67. The monoisotopic (exact) mass is 406 g/mol. The molecule has 1 aromatic rings. The third-order valence-corrected chi connectivity index (χ3v) is 4.66. The summed E-state index contributed by atoms with van der Waals surface area (Å²) in [5, 5.41) is 2.81. The zero-order chi connectivity index (χ0) is 21.0. The van der Waals surface area contributed by atoms with E-state index in [4.69, 9.17) is 18.9 Å². The fourth-order valence-electron chi connectivity index (χ4n) is 3.36. The molecule has 0 unspecified atom stereocenters. The van der Waals surface area contributed by atoms with Crippen molar-refractivity contribution in [2.75, 3.05) is 26.6 Å². The van der Waals surface area contributed by atoms with Gasteiger partial charge in [0.05, 0.1) is 12.5 Å². The van der Waals surface area contributed by atoms with E-state index in [0.29, 0.717) is 44.2 Å². The van der Waals surface area contributed by atoms with E-state index in [1.54, 1.807) is 4.90 Å². The average Bonchev–Trinajstić information content (AvgIpc) is 3.30. The molecule has 0 saturated carbocycles. The van der Waals surface area contributed by atoms with Crippen molar-refractivity contribution in [3.8, 4) is 11.5 Å². The molecule has 2 aliphatic heterocycles. The molecule has 1 N–H and O–H groups in total. The van der Waals surface area contributed by atoms with Crippen LogP contribution in [0.3, 0.4) is 0 Å². The standard InChI is InChI=1S/C21H30N2O6/c1-14(22-20(25)29-21(2,3)4)10-23(19(24)16-7-8-26-12-16)11-15-5-6-17-18(9-15)28-13-27-17/h5-6,9,14,16H,7-8,10-13H2,1-4H3,(H,22,25)/t14-,16-/m1/s1. The Bertz CT molecular complexity index is 739. The summed E-state index contributed by atoms with van der Waals surface area (Å²) < 4.78 is 21.5. The van der Waals surface area contributed by atoms with Gasteiger partial charge in [0, 0.05) is 25.7 Å². The van der Waals surface area contributed by atoms with E-state index in [2.05, 4.69) is 5.32 Å². The number of benzene rings is 1. The number of hydrogen-bond acceptors (Lipinski definition) is 6. The zero-order valence-electron chi connectivity index (χ0n) is 17.5. The normalized spacial score (nSPS) is 19.0. The molecular formula is C21H30N2O6. The van der Waals surface area contributed by atoms with E-state index < -0.39 is 11.7 Å². The van der Waals surface area contributed by atoms with Crippen LogP contribution >= 0.6 is 0 Å². The minimum Gasteiger partial charge on any atom is -0.454 e. The maximum absolute atomic E-state index is 13.1. The first-order chi connectivity index (χ1) is 13.7. The minimum absolute atomic E-state index is 0.0259. The van der Waals surface area contributed by atoms with Crippen LogP contribution in [0.4, 0.5) is 4.79 Å². The SMILES string of the molecule is C[C@H](CN(Cc1ccc2c(c1)OCO2)C(=O)[C@@H]1CCOC1)NC(=O)OC(C)(C)C. The fraction of sp³-hybridized carbons (Fsp3) is 0.619. The van der Waals surface area contributed by atoms with Crippen LogP contribution in [-0.4, -0.2) is 55.1 Å². The van der Waals surface area contributed by atoms with E-state index in [9.17, 15) is 9.59 Å². The Morgan fingerprint density at radius 1 is 1.28 bits per heavy atom. The quantitative estimate of drug-likeness (QED) is 0.782. The summed E-state index contributed by atoms with van der Waals surface area (Å²) in [7, 11) is 0. The second-order valence-electron chi connectivity index (χ2n) is 8.51. The lowest BCUT2D eigenvalue weighted by Gasteiger charge is -2.29. The zero-order valence-corrected chi connectivity index (χ0v) is 17.5. The molecule has 8 nitrogen and oxygen atoms in total. The predicted molar refractivity (Wildman–Crippen MR) is 106 cm³/mol. The van der Waals surface area contributed by atoms with Crippen LogP contribution in [0.1, 0.15) is 39.7 Å². The maximum Gasteiger partial charge on any atom is 0.407 e. The highest BCUT2D eigenvalue weighted by molar-refractivity contribution is 5.79. The Labute approximate surface area is 171 Å². The number of nitrogens with zero attached hydrogens (tertiary/aromatic N) is 1. The lowest BCUT2D eigenvalue weighted by atomic mass is 10.1. The molecule has 160 valence electrons. The molecule has 2 heterocycles. The van der Waals surface area contributed by atoms with Crippen molar-refractivity contribution in [2.45, 2.75) is 52.3 Å².